The van der Waals surface area contributed by atoms with Gasteiger partial charge in [-0.25, -0.2) is 4.79 Å². The van der Waals surface area contributed by atoms with Gasteiger partial charge in [-0.05, 0) is 86.3 Å². The van der Waals surface area contributed by atoms with Gasteiger partial charge in [0.15, 0.2) is 5.17 Å². The lowest BCUT2D eigenvalue weighted by Gasteiger charge is -2.23. The fourth-order valence-corrected chi connectivity index (χ4v) is 6.40. The van der Waals surface area contributed by atoms with E-state index in [2.05, 4.69) is 20.5 Å². The standard InChI is InChI=1S/C31H32ClF3N6O4S/c1-30(2,3)45-29(44)36-17-25(42)40-9-4-10-41(12-11-40)28-38-27(43)26(46-28)22(18-6-8-24-20(13-18)16-37-39-24)14-19-5-7-21(32)15-23(19)31(33,34)35/h5-8,13,15-16H,4,9-12,14,17H2,1-3H3,(H,36,44)(H,37,39). The summed E-state index contributed by atoms with van der Waals surface area (Å²) in [5.41, 5.74) is 0.0962. The number of aromatic amines is 1. The number of nitrogens with zero attached hydrogens (tertiary/aromatic N) is 4. The molecule has 2 aliphatic heterocycles. The van der Waals surface area contributed by atoms with Crippen LogP contribution in [0, 0.1) is 0 Å². The number of fused-ring (bicyclic) bond motifs is 1. The maximum atomic E-state index is 14.0. The number of amides is 3. The molecule has 1 aromatic heterocycles. The smallest absolute Gasteiger partial charge is 0.416 e. The first-order chi connectivity index (χ1) is 21.7. The number of alkyl halides is 3. The Kier molecular flexibility index (Phi) is 9.68. The number of ether oxygens (including phenoxy) is 1. The molecule has 1 saturated heterocycles. The number of amidine groups is 1. The number of alkyl carbamates (subject to hydrolysis) is 1. The summed E-state index contributed by atoms with van der Waals surface area (Å²) in [5, 5.41) is 10.5. The third kappa shape index (κ3) is 8.02. The van der Waals surface area contributed by atoms with E-state index in [-0.39, 0.29) is 34.4 Å². The minimum Gasteiger partial charge on any atom is -0.444 e. The van der Waals surface area contributed by atoms with E-state index in [9.17, 15) is 27.6 Å². The molecule has 1 fully saturated rings. The summed E-state index contributed by atoms with van der Waals surface area (Å²) in [6.07, 6.45) is -3.36. The zero-order chi connectivity index (χ0) is 33.2. The number of carbonyl (C=O) groups excluding carboxylic acids is 3. The maximum absolute atomic E-state index is 14.0. The van der Waals surface area contributed by atoms with E-state index >= 15 is 0 Å². The lowest BCUT2D eigenvalue weighted by atomic mass is 9.93. The molecule has 0 atom stereocenters. The Labute approximate surface area is 272 Å². The molecule has 3 heterocycles. The number of rotatable bonds is 5. The number of aromatic nitrogens is 2. The van der Waals surface area contributed by atoms with Crippen LogP contribution >= 0.6 is 23.4 Å². The number of H-pyrrole nitrogens is 1. The average molecular weight is 677 g/mol. The lowest BCUT2D eigenvalue weighted by Crippen LogP contribution is -2.43. The highest BCUT2D eigenvalue weighted by molar-refractivity contribution is 8.18. The van der Waals surface area contributed by atoms with Gasteiger partial charge in [-0.15, -0.1) is 0 Å². The summed E-state index contributed by atoms with van der Waals surface area (Å²) in [4.78, 5) is 46.2. The van der Waals surface area contributed by atoms with Crippen molar-refractivity contribution in [1.29, 1.82) is 0 Å². The summed E-state index contributed by atoms with van der Waals surface area (Å²) in [7, 11) is 0. The van der Waals surface area contributed by atoms with Crippen LogP contribution < -0.4 is 5.32 Å². The molecule has 5 rings (SSSR count). The number of thioether (sulfide) groups is 1. The SMILES string of the molecule is CC(C)(C)OC(=O)NCC(=O)N1CCCN(C2=NC(=O)C(=C(Cc3ccc(Cl)cc3C(F)(F)F)c3ccc4[nH]ncc4c3)S2)CC1. The van der Waals surface area contributed by atoms with Crippen molar-refractivity contribution < 1.29 is 32.3 Å². The van der Waals surface area contributed by atoms with Gasteiger partial charge in [0.25, 0.3) is 5.91 Å². The maximum Gasteiger partial charge on any atom is 0.416 e. The molecule has 3 amide bonds. The van der Waals surface area contributed by atoms with Crippen molar-refractivity contribution in [2.75, 3.05) is 32.7 Å². The van der Waals surface area contributed by atoms with Crippen molar-refractivity contribution in [3.63, 3.8) is 0 Å². The van der Waals surface area contributed by atoms with E-state index < -0.39 is 29.3 Å². The Morgan fingerprint density at radius 3 is 2.61 bits per heavy atom. The fraction of sp³-hybridized carbons (Fsp3) is 0.387. The minimum absolute atomic E-state index is 0.0301. The average Bonchev–Trinajstić information content (AvgIpc) is 3.52. The van der Waals surface area contributed by atoms with Crippen molar-refractivity contribution >= 4 is 62.9 Å². The summed E-state index contributed by atoms with van der Waals surface area (Å²) >= 11 is 7.04. The number of nitrogens with one attached hydrogen (secondary N) is 2. The zero-order valence-corrected chi connectivity index (χ0v) is 26.9. The van der Waals surface area contributed by atoms with Crippen LogP contribution in [0.2, 0.25) is 5.02 Å². The highest BCUT2D eigenvalue weighted by Gasteiger charge is 2.36. The molecule has 0 unspecified atom stereocenters. The first kappa shape index (κ1) is 33.3. The van der Waals surface area contributed by atoms with Crippen molar-refractivity contribution in [1.82, 2.24) is 25.3 Å². The third-order valence-corrected chi connectivity index (χ3v) is 8.69. The van der Waals surface area contributed by atoms with Gasteiger partial charge >= 0.3 is 12.3 Å². The molecule has 244 valence electrons. The number of aliphatic imine (C=N–C) groups is 1. The summed E-state index contributed by atoms with van der Waals surface area (Å²) in [5.74, 6) is -0.825. The predicted octanol–water partition coefficient (Wildman–Crippen LogP) is 5.88. The van der Waals surface area contributed by atoms with Gasteiger partial charge in [0.2, 0.25) is 5.91 Å². The van der Waals surface area contributed by atoms with E-state index in [1.807, 2.05) is 4.90 Å². The zero-order valence-electron chi connectivity index (χ0n) is 25.3. The van der Waals surface area contributed by atoms with E-state index in [1.54, 1.807) is 50.1 Å². The van der Waals surface area contributed by atoms with Crippen molar-refractivity contribution in [3.8, 4) is 0 Å². The van der Waals surface area contributed by atoms with E-state index in [0.29, 0.717) is 48.9 Å². The molecule has 10 nitrogen and oxygen atoms in total. The number of hydrogen-bond donors (Lipinski definition) is 2. The first-order valence-electron chi connectivity index (χ1n) is 14.5. The first-order valence-corrected chi connectivity index (χ1v) is 15.7. The molecule has 3 aromatic rings. The van der Waals surface area contributed by atoms with Gasteiger partial charge < -0.3 is 19.9 Å². The van der Waals surface area contributed by atoms with Crippen molar-refractivity contribution in [2.24, 2.45) is 4.99 Å². The molecule has 2 aromatic carbocycles. The number of allylic oxidation sites excluding steroid dienone is 1. The Morgan fingerprint density at radius 1 is 1.09 bits per heavy atom. The number of halogens is 4. The van der Waals surface area contributed by atoms with E-state index in [1.165, 1.54) is 12.1 Å². The minimum atomic E-state index is -4.66. The highest BCUT2D eigenvalue weighted by Crippen LogP contribution is 2.40. The normalized spacial score (nSPS) is 17.2. The Morgan fingerprint density at radius 2 is 1.87 bits per heavy atom. The largest absolute Gasteiger partial charge is 0.444 e. The Balaban J connectivity index is 1.36. The van der Waals surface area contributed by atoms with Crippen LogP contribution in [0.5, 0.6) is 0 Å². The van der Waals surface area contributed by atoms with Crippen LogP contribution in [-0.4, -0.2) is 81.4 Å². The molecule has 0 aliphatic carbocycles. The second-order valence-corrected chi connectivity index (χ2v) is 13.2. The predicted molar refractivity (Wildman–Crippen MR) is 170 cm³/mol. The van der Waals surface area contributed by atoms with Gasteiger partial charge in [0.1, 0.15) is 12.1 Å². The molecule has 0 bridgehead atoms. The molecular weight excluding hydrogens is 645 g/mol. The molecule has 2 aliphatic rings. The van der Waals surface area contributed by atoms with Crippen LogP contribution in [-0.2, 0) is 26.9 Å². The molecule has 0 radical (unpaired) electrons. The third-order valence-electron chi connectivity index (χ3n) is 7.29. The molecular formula is C31H32ClF3N6O4S. The van der Waals surface area contributed by atoms with Gasteiger partial charge in [-0.1, -0.05) is 23.7 Å². The van der Waals surface area contributed by atoms with Gasteiger partial charge in [-0.2, -0.15) is 23.3 Å². The van der Waals surface area contributed by atoms with Crippen LogP contribution in [0.4, 0.5) is 18.0 Å². The van der Waals surface area contributed by atoms with Crippen LogP contribution in [0.15, 0.2) is 52.5 Å². The van der Waals surface area contributed by atoms with Crippen molar-refractivity contribution in [3.05, 3.63) is 69.2 Å². The topological polar surface area (TPSA) is 120 Å². The van der Waals surface area contributed by atoms with E-state index in [0.717, 1.165) is 28.7 Å². The Bertz CT molecular complexity index is 1730. The monoisotopic (exact) mass is 676 g/mol. The number of hydrogen-bond acceptors (Lipinski definition) is 7. The van der Waals surface area contributed by atoms with Gasteiger partial charge in [0, 0.05) is 36.6 Å². The lowest BCUT2D eigenvalue weighted by molar-refractivity contribution is -0.138. The van der Waals surface area contributed by atoms with Crippen LogP contribution in [0.3, 0.4) is 0 Å². The molecule has 0 saturated carbocycles. The highest BCUT2D eigenvalue weighted by atomic mass is 35.5. The molecule has 46 heavy (non-hydrogen) atoms. The number of benzene rings is 2. The van der Waals surface area contributed by atoms with Gasteiger partial charge in [0.05, 0.1) is 22.2 Å². The fourth-order valence-electron chi connectivity index (χ4n) is 5.15. The molecule has 0 spiro atoms. The second kappa shape index (κ2) is 13.4. The molecule has 15 heteroatoms. The Hall–Kier alpha value is -4.04. The quantitative estimate of drug-likeness (QED) is 0.324. The van der Waals surface area contributed by atoms with Crippen molar-refractivity contribution in [2.45, 2.75) is 45.4 Å². The van der Waals surface area contributed by atoms with Crippen LogP contribution in [0.1, 0.15) is 43.9 Å². The van der Waals surface area contributed by atoms with E-state index in [4.69, 9.17) is 16.3 Å². The van der Waals surface area contributed by atoms with Crippen LogP contribution in [0.25, 0.3) is 16.5 Å². The summed E-state index contributed by atoms with van der Waals surface area (Å²) in [6.45, 7) is 6.60. The summed E-state index contributed by atoms with van der Waals surface area (Å²) < 4.78 is 47.3. The summed E-state index contributed by atoms with van der Waals surface area (Å²) in [6, 6.07) is 8.88. The second-order valence-electron chi connectivity index (χ2n) is 11.8. The van der Waals surface area contributed by atoms with Gasteiger partial charge in [-0.3, -0.25) is 14.7 Å². The molecule has 2 N–H and O–H groups in total. The number of carbonyl (C=O) groups is 3.